The topological polar surface area (TPSA) is 78.0 Å². The minimum atomic E-state index is -0.124. The summed E-state index contributed by atoms with van der Waals surface area (Å²) in [5, 5.41) is 19.3. The SMILES string of the molecule is C=C(Nc1n[nH]c(C(C)=O)c1Br)c1ccccc1O. The quantitative estimate of drug-likeness (QED) is 0.756. The van der Waals surface area contributed by atoms with E-state index in [4.69, 9.17) is 0 Å². The second-order valence-electron chi connectivity index (χ2n) is 3.94. The van der Waals surface area contributed by atoms with Crippen LogP contribution < -0.4 is 5.32 Å². The Hall–Kier alpha value is -2.08. The molecule has 0 fully saturated rings. The van der Waals surface area contributed by atoms with E-state index in [1.807, 2.05) is 0 Å². The van der Waals surface area contributed by atoms with Gasteiger partial charge in [0.15, 0.2) is 11.6 Å². The first-order valence-electron chi connectivity index (χ1n) is 5.49. The standard InChI is InChI=1S/C13H12BrN3O2/c1-7(9-5-3-4-6-10(9)19)15-13-11(14)12(8(2)18)16-17-13/h3-6,19H,1H2,2H3,(H2,15,16,17). The number of aromatic hydroxyl groups is 1. The summed E-state index contributed by atoms with van der Waals surface area (Å²) in [5.41, 5.74) is 1.44. The average Bonchev–Trinajstić information content (AvgIpc) is 2.71. The van der Waals surface area contributed by atoms with E-state index in [2.05, 4.69) is 38.0 Å². The molecule has 0 atom stereocenters. The number of hydrogen-bond acceptors (Lipinski definition) is 4. The van der Waals surface area contributed by atoms with Gasteiger partial charge in [0.25, 0.3) is 0 Å². The van der Waals surface area contributed by atoms with Crippen LogP contribution in [0.1, 0.15) is 23.0 Å². The number of phenolic OH excluding ortho intramolecular Hbond substituents is 1. The molecule has 0 bridgehead atoms. The predicted octanol–water partition coefficient (Wildman–Crippen LogP) is 3.16. The Balaban J connectivity index is 2.25. The third kappa shape index (κ3) is 2.68. The molecule has 19 heavy (non-hydrogen) atoms. The minimum Gasteiger partial charge on any atom is -0.507 e. The highest BCUT2D eigenvalue weighted by Gasteiger charge is 2.15. The summed E-state index contributed by atoms with van der Waals surface area (Å²) in [6.07, 6.45) is 0. The van der Waals surface area contributed by atoms with Crippen molar-refractivity contribution < 1.29 is 9.90 Å². The Morgan fingerprint density at radius 2 is 2.16 bits per heavy atom. The fourth-order valence-corrected chi connectivity index (χ4v) is 2.14. The summed E-state index contributed by atoms with van der Waals surface area (Å²) < 4.78 is 0.538. The normalized spacial score (nSPS) is 10.2. The molecule has 0 aliphatic carbocycles. The van der Waals surface area contributed by atoms with Gasteiger partial charge >= 0.3 is 0 Å². The third-order valence-electron chi connectivity index (χ3n) is 2.56. The number of Topliss-reactive ketones (excluding diaryl/α,β-unsaturated/α-hetero) is 1. The van der Waals surface area contributed by atoms with Crippen LogP contribution in [0.5, 0.6) is 5.75 Å². The van der Waals surface area contributed by atoms with Crippen molar-refractivity contribution in [2.45, 2.75) is 6.92 Å². The average molecular weight is 322 g/mol. The number of anilines is 1. The number of benzene rings is 1. The minimum absolute atomic E-state index is 0.124. The van der Waals surface area contributed by atoms with Gasteiger partial charge in [0, 0.05) is 18.2 Å². The number of carbonyl (C=O) groups excluding carboxylic acids is 1. The lowest BCUT2D eigenvalue weighted by atomic mass is 10.1. The maximum absolute atomic E-state index is 11.3. The van der Waals surface area contributed by atoms with Crippen LogP contribution in [0.4, 0.5) is 5.82 Å². The largest absolute Gasteiger partial charge is 0.507 e. The van der Waals surface area contributed by atoms with E-state index in [0.717, 1.165) is 0 Å². The molecule has 1 aromatic heterocycles. The molecule has 0 aliphatic rings. The molecule has 1 aromatic carbocycles. The van der Waals surface area contributed by atoms with Crippen molar-refractivity contribution in [3.63, 3.8) is 0 Å². The van der Waals surface area contributed by atoms with Gasteiger partial charge in [-0.25, -0.2) is 0 Å². The Labute approximate surface area is 118 Å². The van der Waals surface area contributed by atoms with Gasteiger partial charge in [-0.2, -0.15) is 5.10 Å². The second-order valence-corrected chi connectivity index (χ2v) is 4.73. The second kappa shape index (κ2) is 5.27. The van der Waals surface area contributed by atoms with E-state index in [1.54, 1.807) is 24.3 Å². The molecule has 0 amide bonds. The lowest BCUT2D eigenvalue weighted by Gasteiger charge is -2.09. The highest BCUT2D eigenvalue weighted by atomic mass is 79.9. The smallest absolute Gasteiger partial charge is 0.178 e. The number of nitrogens with one attached hydrogen (secondary N) is 2. The highest BCUT2D eigenvalue weighted by Crippen LogP contribution is 2.29. The molecule has 3 N–H and O–H groups in total. The molecular formula is C13H12BrN3O2. The number of ketones is 1. The van der Waals surface area contributed by atoms with Gasteiger partial charge in [0.2, 0.25) is 0 Å². The molecule has 1 heterocycles. The zero-order valence-corrected chi connectivity index (χ0v) is 11.8. The van der Waals surface area contributed by atoms with Gasteiger partial charge in [0.05, 0.1) is 4.47 Å². The number of hydrogen-bond donors (Lipinski definition) is 3. The lowest BCUT2D eigenvalue weighted by Crippen LogP contribution is -1.99. The molecule has 2 rings (SSSR count). The summed E-state index contributed by atoms with van der Waals surface area (Å²) in [6.45, 7) is 5.29. The molecule has 6 heteroatoms. The van der Waals surface area contributed by atoms with Gasteiger partial charge in [-0.1, -0.05) is 18.7 Å². The molecule has 5 nitrogen and oxygen atoms in total. The molecule has 0 spiro atoms. The zero-order chi connectivity index (χ0) is 14.0. The highest BCUT2D eigenvalue weighted by molar-refractivity contribution is 9.10. The van der Waals surface area contributed by atoms with Gasteiger partial charge < -0.3 is 10.4 Å². The van der Waals surface area contributed by atoms with Crippen molar-refractivity contribution in [1.82, 2.24) is 10.2 Å². The zero-order valence-electron chi connectivity index (χ0n) is 10.2. The first-order valence-corrected chi connectivity index (χ1v) is 6.29. The van der Waals surface area contributed by atoms with E-state index in [-0.39, 0.29) is 11.5 Å². The Bertz CT molecular complexity index is 649. The number of carbonyl (C=O) groups is 1. The number of halogens is 1. The number of aromatic nitrogens is 2. The molecule has 0 aliphatic heterocycles. The summed E-state index contributed by atoms with van der Waals surface area (Å²) in [6, 6.07) is 6.83. The molecule has 2 aromatic rings. The maximum atomic E-state index is 11.3. The molecule has 0 saturated heterocycles. The first-order chi connectivity index (χ1) is 9.00. The van der Waals surface area contributed by atoms with E-state index >= 15 is 0 Å². The summed E-state index contributed by atoms with van der Waals surface area (Å²) in [4.78, 5) is 11.3. The number of nitrogens with zero attached hydrogens (tertiary/aromatic N) is 1. The Morgan fingerprint density at radius 3 is 2.74 bits per heavy atom. The van der Waals surface area contributed by atoms with Crippen molar-refractivity contribution in [3.05, 3.63) is 46.6 Å². The van der Waals surface area contributed by atoms with Crippen molar-refractivity contribution >= 4 is 33.2 Å². The van der Waals surface area contributed by atoms with Crippen LogP contribution in [0.15, 0.2) is 35.3 Å². The molecular weight excluding hydrogens is 310 g/mol. The summed E-state index contributed by atoms with van der Waals surface area (Å²) >= 11 is 3.29. The lowest BCUT2D eigenvalue weighted by molar-refractivity contribution is 0.101. The van der Waals surface area contributed by atoms with Crippen LogP contribution in [0.3, 0.4) is 0 Å². The van der Waals surface area contributed by atoms with Gasteiger partial charge in [0.1, 0.15) is 11.4 Å². The van der Waals surface area contributed by atoms with Crippen LogP contribution in [-0.2, 0) is 0 Å². The van der Waals surface area contributed by atoms with Crippen molar-refractivity contribution in [2.75, 3.05) is 5.32 Å². The van der Waals surface area contributed by atoms with E-state index in [9.17, 15) is 9.90 Å². The van der Waals surface area contributed by atoms with Gasteiger partial charge in [-0.05, 0) is 28.1 Å². The molecule has 0 saturated carbocycles. The number of rotatable bonds is 4. The monoisotopic (exact) mass is 321 g/mol. The van der Waals surface area contributed by atoms with Crippen LogP contribution in [0, 0.1) is 0 Å². The van der Waals surface area contributed by atoms with Crippen LogP contribution in [0.25, 0.3) is 5.70 Å². The summed E-state index contributed by atoms with van der Waals surface area (Å²) in [7, 11) is 0. The van der Waals surface area contributed by atoms with Crippen molar-refractivity contribution in [1.29, 1.82) is 0 Å². The predicted molar refractivity (Wildman–Crippen MR) is 77.1 cm³/mol. The van der Waals surface area contributed by atoms with Gasteiger partial charge in [-0.3, -0.25) is 9.89 Å². The van der Waals surface area contributed by atoms with Crippen molar-refractivity contribution in [2.24, 2.45) is 0 Å². The Kier molecular flexibility index (Phi) is 3.71. The number of aromatic amines is 1. The van der Waals surface area contributed by atoms with Crippen LogP contribution >= 0.6 is 15.9 Å². The van der Waals surface area contributed by atoms with E-state index < -0.39 is 0 Å². The molecule has 98 valence electrons. The van der Waals surface area contributed by atoms with Crippen LogP contribution in [0.2, 0.25) is 0 Å². The Morgan fingerprint density at radius 1 is 1.47 bits per heavy atom. The van der Waals surface area contributed by atoms with Gasteiger partial charge in [-0.15, -0.1) is 0 Å². The molecule has 0 unspecified atom stereocenters. The fourth-order valence-electron chi connectivity index (χ4n) is 1.58. The number of H-pyrrole nitrogens is 1. The first kappa shape index (κ1) is 13.4. The van der Waals surface area contributed by atoms with Crippen LogP contribution in [-0.4, -0.2) is 21.1 Å². The third-order valence-corrected chi connectivity index (χ3v) is 3.33. The summed E-state index contributed by atoms with van der Waals surface area (Å²) in [5.74, 6) is 0.442. The number of phenols is 1. The fraction of sp³-hybridized carbons (Fsp3) is 0.0769. The van der Waals surface area contributed by atoms with Crippen molar-refractivity contribution in [3.8, 4) is 5.75 Å². The maximum Gasteiger partial charge on any atom is 0.178 e. The number of para-hydroxylation sites is 1. The van der Waals surface area contributed by atoms with E-state index in [0.29, 0.717) is 27.2 Å². The molecule has 0 radical (unpaired) electrons. The van der Waals surface area contributed by atoms with E-state index in [1.165, 1.54) is 6.92 Å².